The Kier molecular flexibility index (Phi) is 2.98. The van der Waals surface area contributed by atoms with Gasteiger partial charge < -0.3 is 10.1 Å². The smallest absolute Gasteiger partial charge is 0.337 e. The maximum Gasteiger partial charge on any atom is 0.337 e. The van der Waals surface area contributed by atoms with Gasteiger partial charge in [0.2, 0.25) is 0 Å². The predicted molar refractivity (Wildman–Crippen MR) is 70.6 cm³/mol. The molecule has 2 aliphatic rings. The molecule has 3 unspecified atom stereocenters. The van der Waals surface area contributed by atoms with Crippen LogP contribution >= 0.6 is 0 Å². The summed E-state index contributed by atoms with van der Waals surface area (Å²) in [5.74, 6) is 1.49. The van der Waals surface area contributed by atoms with Crippen LogP contribution in [-0.4, -0.2) is 19.1 Å². The highest BCUT2D eigenvalue weighted by atomic mass is 16.5. The molecule has 18 heavy (non-hydrogen) atoms. The Bertz CT molecular complexity index is 458. The standard InChI is InChI=1S/C15H19NO2/c1-18-15(17)12-3-2-4-13(9-12)16-14-8-10-5-6-11(14)7-10/h2-4,9-11,14,16H,5-8H2,1H3. The monoisotopic (exact) mass is 245 g/mol. The van der Waals surface area contributed by atoms with Crippen molar-refractivity contribution in [2.75, 3.05) is 12.4 Å². The minimum Gasteiger partial charge on any atom is -0.465 e. The SMILES string of the molecule is COC(=O)c1cccc(NC2CC3CCC2C3)c1. The molecule has 96 valence electrons. The maximum atomic E-state index is 11.5. The van der Waals surface area contributed by atoms with Gasteiger partial charge in [0.25, 0.3) is 0 Å². The molecule has 0 amide bonds. The van der Waals surface area contributed by atoms with Crippen molar-refractivity contribution in [3.8, 4) is 0 Å². The van der Waals surface area contributed by atoms with Crippen molar-refractivity contribution in [1.29, 1.82) is 0 Å². The van der Waals surface area contributed by atoms with E-state index in [2.05, 4.69) is 5.32 Å². The average molecular weight is 245 g/mol. The number of carbonyl (C=O) groups is 1. The number of methoxy groups -OCH3 is 1. The minimum atomic E-state index is -0.272. The number of rotatable bonds is 3. The molecule has 3 atom stereocenters. The van der Waals surface area contributed by atoms with E-state index in [0.717, 1.165) is 17.5 Å². The summed E-state index contributed by atoms with van der Waals surface area (Å²) in [7, 11) is 1.42. The van der Waals surface area contributed by atoms with E-state index in [1.165, 1.54) is 32.8 Å². The van der Waals surface area contributed by atoms with Gasteiger partial charge in [-0.05, 0) is 49.3 Å². The van der Waals surface area contributed by atoms with Crippen LogP contribution in [0.2, 0.25) is 0 Å². The van der Waals surface area contributed by atoms with E-state index in [0.29, 0.717) is 11.6 Å². The molecule has 0 radical (unpaired) electrons. The summed E-state index contributed by atoms with van der Waals surface area (Å²) in [6, 6.07) is 8.20. The Morgan fingerprint density at radius 1 is 1.33 bits per heavy atom. The first-order valence-electron chi connectivity index (χ1n) is 6.71. The first kappa shape index (κ1) is 11.6. The second-order valence-electron chi connectivity index (χ2n) is 5.50. The van der Waals surface area contributed by atoms with Crippen LogP contribution < -0.4 is 5.32 Å². The quantitative estimate of drug-likeness (QED) is 0.832. The summed E-state index contributed by atoms with van der Waals surface area (Å²) in [6.07, 6.45) is 5.44. The van der Waals surface area contributed by atoms with Gasteiger partial charge in [-0.1, -0.05) is 12.5 Å². The van der Waals surface area contributed by atoms with Crippen molar-refractivity contribution in [3.05, 3.63) is 29.8 Å². The Balaban J connectivity index is 1.71. The lowest BCUT2D eigenvalue weighted by Gasteiger charge is -2.24. The van der Waals surface area contributed by atoms with Gasteiger partial charge in [-0.2, -0.15) is 0 Å². The largest absolute Gasteiger partial charge is 0.465 e. The minimum absolute atomic E-state index is 0.272. The van der Waals surface area contributed by atoms with Crippen molar-refractivity contribution < 1.29 is 9.53 Å². The van der Waals surface area contributed by atoms with E-state index in [9.17, 15) is 4.79 Å². The third-order valence-corrected chi connectivity index (χ3v) is 4.37. The number of benzene rings is 1. The van der Waals surface area contributed by atoms with Gasteiger partial charge in [-0.15, -0.1) is 0 Å². The number of hydrogen-bond donors (Lipinski definition) is 1. The van der Waals surface area contributed by atoms with Crippen molar-refractivity contribution in [3.63, 3.8) is 0 Å². The molecule has 2 bridgehead atoms. The van der Waals surface area contributed by atoms with E-state index in [-0.39, 0.29) is 5.97 Å². The van der Waals surface area contributed by atoms with Gasteiger partial charge in [-0.3, -0.25) is 0 Å². The van der Waals surface area contributed by atoms with E-state index < -0.39 is 0 Å². The summed E-state index contributed by atoms with van der Waals surface area (Å²) < 4.78 is 4.74. The van der Waals surface area contributed by atoms with Crippen LogP contribution in [0.15, 0.2) is 24.3 Å². The molecule has 0 aliphatic heterocycles. The molecule has 2 saturated carbocycles. The van der Waals surface area contributed by atoms with Crippen molar-refractivity contribution in [1.82, 2.24) is 0 Å². The third-order valence-electron chi connectivity index (χ3n) is 4.37. The molecule has 0 heterocycles. The summed E-state index contributed by atoms with van der Waals surface area (Å²) in [6.45, 7) is 0. The van der Waals surface area contributed by atoms with Gasteiger partial charge in [0.1, 0.15) is 0 Å². The van der Waals surface area contributed by atoms with Gasteiger partial charge in [0, 0.05) is 11.7 Å². The first-order valence-corrected chi connectivity index (χ1v) is 6.71. The zero-order chi connectivity index (χ0) is 12.5. The van der Waals surface area contributed by atoms with Crippen LogP contribution in [0.1, 0.15) is 36.0 Å². The van der Waals surface area contributed by atoms with Crippen molar-refractivity contribution >= 4 is 11.7 Å². The molecule has 3 nitrogen and oxygen atoms in total. The van der Waals surface area contributed by atoms with Crippen LogP contribution in [0.5, 0.6) is 0 Å². The van der Waals surface area contributed by atoms with Gasteiger partial charge in [0.15, 0.2) is 0 Å². The fraction of sp³-hybridized carbons (Fsp3) is 0.533. The number of fused-ring (bicyclic) bond motifs is 2. The fourth-order valence-corrected chi connectivity index (χ4v) is 3.49. The number of carbonyl (C=O) groups excluding carboxylic acids is 1. The topological polar surface area (TPSA) is 38.3 Å². The van der Waals surface area contributed by atoms with Crippen molar-refractivity contribution in [2.45, 2.75) is 31.7 Å². The number of ether oxygens (including phenoxy) is 1. The van der Waals surface area contributed by atoms with E-state index >= 15 is 0 Å². The van der Waals surface area contributed by atoms with Gasteiger partial charge in [0.05, 0.1) is 12.7 Å². The summed E-state index contributed by atoms with van der Waals surface area (Å²) in [4.78, 5) is 11.5. The Morgan fingerprint density at radius 3 is 2.89 bits per heavy atom. The van der Waals surface area contributed by atoms with Gasteiger partial charge in [-0.25, -0.2) is 4.79 Å². The average Bonchev–Trinajstić information content (AvgIpc) is 3.00. The predicted octanol–water partition coefficient (Wildman–Crippen LogP) is 3.07. The fourth-order valence-electron chi connectivity index (χ4n) is 3.49. The highest BCUT2D eigenvalue weighted by Crippen LogP contribution is 2.45. The van der Waals surface area contributed by atoms with Crippen LogP contribution in [0.3, 0.4) is 0 Å². The van der Waals surface area contributed by atoms with Crippen molar-refractivity contribution in [2.24, 2.45) is 11.8 Å². The lowest BCUT2D eigenvalue weighted by atomic mass is 9.95. The van der Waals surface area contributed by atoms with Gasteiger partial charge >= 0.3 is 5.97 Å². The Morgan fingerprint density at radius 2 is 2.22 bits per heavy atom. The molecular weight excluding hydrogens is 226 g/mol. The molecule has 1 aromatic carbocycles. The highest BCUT2D eigenvalue weighted by Gasteiger charge is 2.39. The summed E-state index contributed by atoms with van der Waals surface area (Å²) in [5, 5.41) is 3.58. The highest BCUT2D eigenvalue weighted by molar-refractivity contribution is 5.90. The van der Waals surface area contributed by atoms with E-state index in [1.807, 2.05) is 18.2 Å². The molecule has 2 aliphatic carbocycles. The molecular formula is C15H19NO2. The Hall–Kier alpha value is -1.51. The number of anilines is 1. The lowest BCUT2D eigenvalue weighted by molar-refractivity contribution is 0.0601. The van der Waals surface area contributed by atoms with Crippen LogP contribution in [0.4, 0.5) is 5.69 Å². The zero-order valence-corrected chi connectivity index (χ0v) is 10.7. The first-order chi connectivity index (χ1) is 8.76. The number of nitrogens with one attached hydrogen (secondary N) is 1. The molecule has 3 rings (SSSR count). The van der Waals surface area contributed by atoms with Crippen LogP contribution in [0, 0.1) is 11.8 Å². The van der Waals surface area contributed by atoms with Crippen LogP contribution in [0.25, 0.3) is 0 Å². The third kappa shape index (κ3) is 2.09. The molecule has 1 N–H and O–H groups in total. The molecule has 2 fully saturated rings. The number of esters is 1. The molecule has 3 heteroatoms. The Labute approximate surface area is 108 Å². The summed E-state index contributed by atoms with van der Waals surface area (Å²) >= 11 is 0. The normalized spacial score (nSPS) is 29.3. The van der Waals surface area contributed by atoms with E-state index in [4.69, 9.17) is 4.74 Å². The number of hydrogen-bond acceptors (Lipinski definition) is 3. The van der Waals surface area contributed by atoms with E-state index in [1.54, 1.807) is 6.07 Å². The maximum absolute atomic E-state index is 11.5. The zero-order valence-electron chi connectivity index (χ0n) is 10.7. The molecule has 0 saturated heterocycles. The second kappa shape index (κ2) is 4.63. The molecule has 1 aromatic rings. The lowest BCUT2D eigenvalue weighted by Crippen LogP contribution is -2.25. The second-order valence-corrected chi connectivity index (χ2v) is 5.50. The molecule has 0 aromatic heterocycles. The van der Waals surface area contributed by atoms with Crippen LogP contribution in [-0.2, 0) is 4.74 Å². The summed E-state index contributed by atoms with van der Waals surface area (Å²) in [5.41, 5.74) is 1.65. The molecule has 0 spiro atoms.